The lowest BCUT2D eigenvalue weighted by molar-refractivity contribution is 0.602. The fourth-order valence-electron chi connectivity index (χ4n) is 1.61. The van der Waals surface area contributed by atoms with Crippen LogP contribution in [0, 0.1) is 0 Å². The van der Waals surface area contributed by atoms with Crippen LogP contribution in [0.4, 0.5) is 0 Å². The summed E-state index contributed by atoms with van der Waals surface area (Å²) in [4.78, 5) is 18.7. The van der Waals surface area contributed by atoms with E-state index in [0.29, 0.717) is 16.9 Å². The van der Waals surface area contributed by atoms with Crippen LogP contribution in [-0.2, 0) is 0 Å². The normalized spacial score (nSPS) is 10.9. The Hall–Kier alpha value is -1.88. The molecule has 2 aromatic heterocycles. The molecule has 0 radical (unpaired) electrons. The number of benzene rings is 1. The van der Waals surface area contributed by atoms with Crippen molar-refractivity contribution in [2.24, 2.45) is 0 Å². The minimum Gasteiger partial charge on any atom is -0.446 e. The third-order valence-electron chi connectivity index (χ3n) is 2.45. The van der Waals surface area contributed by atoms with Crippen LogP contribution in [0.25, 0.3) is 22.5 Å². The maximum Gasteiger partial charge on any atom is 0.262 e. The van der Waals surface area contributed by atoms with Crippen molar-refractivity contribution >= 4 is 27.0 Å². The molecule has 17 heavy (non-hydrogen) atoms. The second-order valence-corrected chi connectivity index (χ2v) is 4.48. The summed E-state index contributed by atoms with van der Waals surface area (Å²) in [7, 11) is 0. The number of fused-ring (bicyclic) bond motifs is 1. The van der Waals surface area contributed by atoms with Gasteiger partial charge >= 0.3 is 0 Å². The summed E-state index contributed by atoms with van der Waals surface area (Å²) in [5.74, 6) is 0.505. The Labute approximate surface area is 104 Å². The molecular weight excluding hydrogens is 284 g/mol. The number of halogens is 1. The summed E-state index contributed by atoms with van der Waals surface area (Å²) < 4.78 is 6.12. The molecule has 0 saturated carbocycles. The van der Waals surface area contributed by atoms with Gasteiger partial charge in [-0.15, -0.1) is 0 Å². The first-order chi connectivity index (χ1) is 8.24. The molecule has 84 valence electrons. The minimum absolute atomic E-state index is 0.193. The van der Waals surface area contributed by atoms with Gasteiger partial charge in [-0.3, -0.25) is 4.79 Å². The standard InChI is InChI=1S/C12H7BrN2O2/c13-8-3-1-7(2-4-8)10-14-11(16)9-5-6-17-12(9)15-10/h1-6H,(H,14,15,16). The van der Waals surface area contributed by atoms with Crippen molar-refractivity contribution in [1.82, 2.24) is 9.97 Å². The Morgan fingerprint density at radius 1 is 1.18 bits per heavy atom. The van der Waals surface area contributed by atoms with Crippen molar-refractivity contribution in [3.05, 3.63) is 51.4 Å². The zero-order valence-corrected chi connectivity index (χ0v) is 10.2. The fourth-order valence-corrected chi connectivity index (χ4v) is 1.87. The van der Waals surface area contributed by atoms with Gasteiger partial charge in [-0.1, -0.05) is 28.1 Å². The minimum atomic E-state index is -0.193. The van der Waals surface area contributed by atoms with E-state index in [-0.39, 0.29) is 5.56 Å². The second-order valence-electron chi connectivity index (χ2n) is 3.56. The third-order valence-corrected chi connectivity index (χ3v) is 2.98. The molecule has 0 bridgehead atoms. The molecule has 3 rings (SSSR count). The van der Waals surface area contributed by atoms with Crippen LogP contribution >= 0.6 is 15.9 Å². The SMILES string of the molecule is O=c1[nH]c(-c2ccc(Br)cc2)nc2occc12. The predicted octanol–water partition coefficient (Wildman–Crippen LogP) is 2.95. The smallest absolute Gasteiger partial charge is 0.262 e. The molecular formula is C12H7BrN2O2. The fraction of sp³-hybridized carbons (Fsp3) is 0. The topological polar surface area (TPSA) is 58.9 Å². The Morgan fingerprint density at radius 3 is 2.71 bits per heavy atom. The van der Waals surface area contributed by atoms with E-state index in [1.807, 2.05) is 24.3 Å². The van der Waals surface area contributed by atoms with Crippen molar-refractivity contribution in [2.75, 3.05) is 0 Å². The zero-order chi connectivity index (χ0) is 11.8. The molecule has 0 aliphatic heterocycles. The molecule has 0 aliphatic rings. The highest BCUT2D eigenvalue weighted by atomic mass is 79.9. The van der Waals surface area contributed by atoms with E-state index in [4.69, 9.17) is 4.42 Å². The number of furan rings is 1. The van der Waals surface area contributed by atoms with Crippen molar-refractivity contribution in [2.45, 2.75) is 0 Å². The van der Waals surface area contributed by atoms with Gasteiger partial charge in [0.1, 0.15) is 11.2 Å². The summed E-state index contributed by atoms with van der Waals surface area (Å²) in [5, 5.41) is 0.464. The first-order valence-corrected chi connectivity index (χ1v) is 5.77. The van der Waals surface area contributed by atoms with Crippen molar-refractivity contribution in [3.8, 4) is 11.4 Å². The van der Waals surface area contributed by atoms with Crippen LogP contribution < -0.4 is 5.56 Å². The molecule has 0 spiro atoms. The number of hydrogen-bond acceptors (Lipinski definition) is 3. The van der Waals surface area contributed by atoms with Crippen LogP contribution in [0.3, 0.4) is 0 Å². The first kappa shape index (κ1) is 10.3. The van der Waals surface area contributed by atoms with Gasteiger partial charge in [0, 0.05) is 10.0 Å². The molecule has 3 aromatic rings. The summed E-state index contributed by atoms with van der Waals surface area (Å²) in [6.45, 7) is 0. The van der Waals surface area contributed by atoms with Gasteiger partial charge in [0.05, 0.1) is 6.26 Å². The average molecular weight is 291 g/mol. The quantitative estimate of drug-likeness (QED) is 0.750. The van der Waals surface area contributed by atoms with E-state index < -0.39 is 0 Å². The number of H-pyrrole nitrogens is 1. The van der Waals surface area contributed by atoms with E-state index >= 15 is 0 Å². The number of rotatable bonds is 1. The van der Waals surface area contributed by atoms with E-state index in [1.54, 1.807) is 6.07 Å². The Kier molecular flexibility index (Phi) is 2.33. The largest absolute Gasteiger partial charge is 0.446 e. The van der Waals surface area contributed by atoms with E-state index in [1.165, 1.54) is 6.26 Å². The molecule has 0 aliphatic carbocycles. The number of aromatic nitrogens is 2. The van der Waals surface area contributed by atoms with Gasteiger partial charge in [0.25, 0.3) is 5.56 Å². The van der Waals surface area contributed by atoms with Crippen molar-refractivity contribution < 1.29 is 4.42 Å². The molecule has 0 fully saturated rings. The van der Waals surface area contributed by atoms with Crippen molar-refractivity contribution in [1.29, 1.82) is 0 Å². The lowest BCUT2D eigenvalue weighted by Crippen LogP contribution is -2.07. The van der Waals surface area contributed by atoms with Gasteiger partial charge in [-0.25, -0.2) is 0 Å². The Bertz CT molecular complexity index is 728. The highest BCUT2D eigenvalue weighted by Gasteiger charge is 2.07. The lowest BCUT2D eigenvalue weighted by atomic mass is 10.2. The Morgan fingerprint density at radius 2 is 1.94 bits per heavy atom. The second kappa shape index (κ2) is 3.85. The molecule has 1 N–H and O–H groups in total. The van der Waals surface area contributed by atoms with Gasteiger partial charge < -0.3 is 9.40 Å². The predicted molar refractivity (Wildman–Crippen MR) is 67.8 cm³/mol. The van der Waals surface area contributed by atoms with Gasteiger partial charge in [0.15, 0.2) is 0 Å². The van der Waals surface area contributed by atoms with Crippen LogP contribution in [0.15, 0.2) is 50.3 Å². The average Bonchev–Trinajstić information content (AvgIpc) is 2.78. The van der Waals surface area contributed by atoms with Gasteiger partial charge in [0.2, 0.25) is 5.71 Å². The van der Waals surface area contributed by atoms with Gasteiger partial charge in [-0.05, 0) is 18.2 Å². The maximum atomic E-state index is 11.7. The molecule has 2 heterocycles. The molecule has 5 heteroatoms. The zero-order valence-electron chi connectivity index (χ0n) is 8.61. The number of nitrogens with zero attached hydrogens (tertiary/aromatic N) is 1. The molecule has 4 nitrogen and oxygen atoms in total. The van der Waals surface area contributed by atoms with Crippen LogP contribution in [0.2, 0.25) is 0 Å². The molecule has 0 unspecified atom stereocenters. The lowest BCUT2D eigenvalue weighted by Gasteiger charge is -2.00. The first-order valence-electron chi connectivity index (χ1n) is 4.97. The third kappa shape index (κ3) is 1.78. The number of aromatic amines is 1. The molecule has 0 saturated heterocycles. The highest BCUT2D eigenvalue weighted by Crippen LogP contribution is 2.19. The van der Waals surface area contributed by atoms with Crippen molar-refractivity contribution in [3.63, 3.8) is 0 Å². The molecule has 1 aromatic carbocycles. The van der Waals surface area contributed by atoms with Crippen LogP contribution in [0.1, 0.15) is 0 Å². The number of nitrogens with one attached hydrogen (secondary N) is 1. The molecule has 0 amide bonds. The summed E-state index contributed by atoms with van der Waals surface area (Å²) in [6, 6.07) is 9.13. The van der Waals surface area contributed by atoms with E-state index in [0.717, 1.165) is 10.0 Å². The van der Waals surface area contributed by atoms with E-state index in [9.17, 15) is 4.79 Å². The summed E-state index contributed by atoms with van der Waals surface area (Å²) in [6.07, 6.45) is 1.46. The van der Waals surface area contributed by atoms with Crippen LogP contribution in [-0.4, -0.2) is 9.97 Å². The number of hydrogen-bond donors (Lipinski definition) is 1. The highest BCUT2D eigenvalue weighted by molar-refractivity contribution is 9.10. The summed E-state index contributed by atoms with van der Waals surface area (Å²) >= 11 is 3.36. The van der Waals surface area contributed by atoms with Gasteiger partial charge in [-0.2, -0.15) is 4.98 Å². The Balaban J connectivity index is 2.23. The molecule has 0 atom stereocenters. The maximum absolute atomic E-state index is 11.7. The van der Waals surface area contributed by atoms with E-state index in [2.05, 4.69) is 25.9 Å². The summed E-state index contributed by atoms with van der Waals surface area (Å²) in [5.41, 5.74) is 0.997. The monoisotopic (exact) mass is 290 g/mol. The van der Waals surface area contributed by atoms with Crippen LogP contribution in [0.5, 0.6) is 0 Å².